The topological polar surface area (TPSA) is 66.2 Å². The Morgan fingerprint density at radius 2 is 1.69 bits per heavy atom. The summed E-state index contributed by atoms with van der Waals surface area (Å²) in [5.74, 6) is 0.479. The minimum absolute atomic E-state index is 0.0591. The minimum atomic E-state index is -0.364. The number of hydrogen-bond donors (Lipinski definition) is 0. The molecule has 1 heterocycles. The summed E-state index contributed by atoms with van der Waals surface area (Å²) < 4.78 is 26.1. The first-order valence-corrected chi connectivity index (χ1v) is 10.8. The van der Waals surface area contributed by atoms with Gasteiger partial charge in [-0.3, -0.25) is 9.36 Å². The highest BCUT2D eigenvalue weighted by atomic mass is 32.2. The van der Waals surface area contributed by atoms with Crippen molar-refractivity contribution in [3.05, 3.63) is 90.2 Å². The fourth-order valence-corrected chi connectivity index (χ4v) is 3.83. The second-order valence-corrected chi connectivity index (χ2v) is 7.70. The SMILES string of the molecule is COc1ccccc1-n1c(SCC(=O)OCc2ccccc2)nnc1-c1ccc(F)cc1. The van der Waals surface area contributed by atoms with Gasteiger partial charge in [-0.1, -0.05) is 54.2 Å². The second-order valence-electron chi connectivity index (χ2n) is 6.76. The lowest BCUT2D eigenvalue weighted by Gasteiger charge is -2.13. The maximum atomic E-state index is 13.4. The number of methoxy groups -OCH3 is 1. The van der Waals surface area contributed by atoms with E-state index in [-0.39, 0.29) is 24.1 Å². The molecule has 4 rings (SSSR count). The lowest BCUT2D eigenvalue weighted by Crippen LogP contribution is -2.09. The van der Waals surface area contributed by atoms with Gasteiger partial charge >= 0.3 is 5.97 Å². The molecular formula is C24H20FN3O3S. The van der Waals surface area contributed by atoms with Crippen molar-refractivity contribution in [1.29, 1.82) is 0 Å². The van der Waals surface area contributed by atoms with Crippen LogP contribution in [0.4, 0.5) is 4.39 Å². The molecule has 0 saturated carbocycles. The Hall–Kier alpha value is -3.65. The summed E-state index contributed by atoms with van der Waals surface area (Å²) in [5.41, 5.74) is 2.31. The molecule has 0 saturated heterocycles. The molecule has 0 aliphatic rings. The molecule has 3 aromatic carbocycles. The Morgan fingerprint density at radius 3 is 2.44 bits per heavy atom. The number of ether oxygens (including phenoxy) is 2. The number of hydrogen-bond acceptors (Lipinski definition) is 6. The van der Waals surface area contributed by atoms with E-state index in [0.717, 1.165) is 5.56 Å². The number of thioether (sulfide) groups is 1. The molecule has 32 heavy (non-hydrogen) atoms. The largest absolute Gasteiger partial charge is 0.495 e. The first kappa shape index (κ1) is 21.6. The van der Waals surface area contributed by atoms with Gasteiger partial charge in [0, 0.05) is 5.56 Å². The summed E-state index contributed by atoms with van der Waals surface area (Å²) in [5, 5.41) is 9.07. The third-order valence-corrected chi connectivity index (χ3v) is 5.53. The van der Waals surface area contributed by atoms with Crippen LogP contribution in [0.3, 0.4) is 0 Å². The zero-order valence-corrected chi connectivity index (χ0v) is 18.1. The molecule has 162 valence electrons. The quantitative estimate of drug-likeness (QED) is 0.281. The Kier molecular flexibility index (Phi) is 6.81. The van der Waals surface area contributed by atoms with Gasteiger partial charge in [-0.25, -0.2) is 4.39 Å². The van der Waals surface area contributed by atoms with Gasteiger partial charge in [-0.2, -0.15) is 0 Å². The molecule has 0 amide bonds. The smallest absolute Gasteiger partial charge is 0.316 e. The van der Waals surface area contributed by atoms with E-state index >= 15 is 0 Å². The number of aromatic nitrogens is 3. The number of benzene rings is 3. The van der Waals surface area contributed by atoms with Gasteiger partial charge < -0.3 is 9.47 Å². The van der Waals surface area contributed by atoms with E-state index in [4.69, 9.17) is 9.47 Å². The van der Waals surface area contributed by atoms with Crippen LogP contribution in [0.1, 0.15) is 5.56 Å². The summed E-state index contributed by atoms with van der Waals surface area (Å²) in [6, 6.07) is 22.9. The number of rotatable bonds is 8. The van der Waals surface area contributed by atoms with E-state index in [9.17, 15) is 9.18 Å². The van der Waals surface area contributed by atoms with Gasteiger partial charge in [-0.05, 0) is 42.0 Å². The van der Waals surface area contributed by atoms with Crippen LogP contribution in [0.5, 0.6) is 5.75 Å². The monoisotopic (exact) mass is 449 g/mol. The number of nitrogens with zero attached hydrogens (tertiary/aromatic N) is 3. The number of halogens is 1. The predicted molar refractivity (Wildman–Crippen MR) is 120 cm³/mol. The molecule has 8 heteroatoms. The molecule has 6 nitrogen and oxygen atoms in total. The van der Waals surface area contributed by atoms with Crippen LogP contribution >= 0.6 is 11.8 Å². The summed E-state index contributed by atoms with van der Waals surface area (Å²) in [6.45, 7) is 0.209. The van der Waals surface area contributed by atoms with E-state index in [1.165, 1.54) is 23.9 Å². The molecular weight excluding hydrogens is 429 g/mol. The van der Waals surface area contributed by atoms with E-state index in [0.29, 0.717) is 28.0 Å². The van der Waals surface area contributed by atoms with Gasteiger partial charge in [0.15, 0.2) is 11.0 Å². The molecule has 1 aromatic heterocycles. The molecule has 0 bridgehead atoms. The van der Waals surface area contributed by atoms with Crippen molar-refractivity contribution in [1.82, 2.24) is 14.8 Å². The number of esters is 1. The highest BCUT2D eigenvalue weighted by Gasteiger charge is 2.20. The van der Waals surface area contributed by atoms with Crippen molar-refractivity contribution in [2.75, 3.05) is 12.9 Å². The van der Waals surface area contributed by atoms with Gasteiger partial charge in [-0.15, -0.1) is 10.2 Å². The minimum Gasteiger partial charge on any atom is -0.495 e. The first-order chi connectivity index (χ1) is 15.7. The van der Waals surface area contributed by atoms with E-state index in [1.54, 1.807) is 23.8 Å². The van der Waals surface area contributed by atoms with Crippen molar-refractivity contribution >= 4 is 17.7 Å². The van der Waals surface area contributed by atoms with Crippen LogP contribution in [0, 0.1) is 5.82 Å². The third-order valence-electron chi connectivity index (χ3n) is 4.62. The molecule has 0 spiro atoms. The molecule has 0 fully saturated rings. The lowest BCUT2D eigenvalue weighted by molar-refractivity contribution is -0.141. The van der Waals surface area contributed by atoms with Crippen LogP contribution in [0.2, 0.25) is 0 Å². The van der Waals surface area contributed by atoms with Crippen LogP contribution in [-0.4, -0.2) is 33.6 Å². The Balaban J connectivity index is 1.59. The van der Waals surface area contributed by atoms with Crippen molar-refractivity contribution < 1.29 is 18.7 Å². The molecule has 0 aliphatic heterocycles. The fraction of sp³-hybridized carbons (Fsp3) is 0.125. The molecule has 0 atom stereocenters. The molecule has 0 radical (unpaired) electrons. The average Bonchev–Trinajstić information content (AvgIpc) is 3.26. The maximum Gasteiger partial charge on any atom is 0.316 e. The third kappa shape index (κ3) is 4.97. The number of carbonyl (C=O) groups is 1. The van der Waals surface area contributed by atoms with E-state index in [1.807, 2.05) is 54.6 Å². The maximum absolute atomic E-state index is 13.4. The molecule has 4 aromatic rings. The number of para-hydroxylation sites is 2. The predicted octanol–water partition coefficient (Wildman–Crippen LogP) is 4.92. The highest BCUT2D eigenvalue weighted by Crippen LogP contribution is 2.32. The summed E-state index contributed by atoms with van der Waals surface area (Å²) in [7, 11) is 1.58. The fourth-order valence-electron chi connectivity index (χ4n) is 3.08. The number of carbonyl (C=O) groups excluding carboxylic acids is 1. The first-order valence-electron chi connectivity index (χ1n) is 9.83. The molecule has 0 unspecified atom stereocenters. The Labute approximate surface area is 189 Å². The van der Waals surface area contributed by atoms with Gasteiger partial charge in [0.1, 0.15) is 18.2 Å². The summed E-state index contributed by atoms with van der Waals surface area (Å²) in [6.07, 6.45) is 0. The normalized spacial score (nSPS) is 10.7. The highest BCUT2D eigenvalue weighted by molar-refractivity contribution is 7.99. The molecule has 0 N–H and O–H groups in total. The van der Waals surface area contributed by atoms with Crippen LogP contribution < -0.4 is 4.74 Å². The van der Waals surface area contributed by atoms with Crippen molar-refractivity contribution in [2.24, 2.45) is 0 Å². The van der Waals surface area contributed by atoms with E-state index < -0.39 is 0 Å². The van der Waals surface area contributed by atoms with E-state index in [2.05, 4.69) is 10.2 Å². The van der Waals surface area contributed by atoms with Gasteiger partial charge in [0.2, 0.25) is 0 Å². The van der Waals surface area contributed by atoms with Crippen LogP contribution in [0.25, 0.3) is 17.1 Å². The summed E-state index contributed by atoms with van der Waals surface area (Å²) >= 11 is 1.21. The zero-order valence-electron chi connectivity index (χ0n) is 17.3. The molecule has 0 aliphatic carbocycles. The van der Waals surface area contributed by atoms with Crippen LogP contribution in [-0.2, 0) is 16.1 Å². The standard InChI is InChI=1S/C24H20FN3O3S/c1-30-21-10-6-5-9-20(21)28-23(18-11-13-19(25)14-12-18)26-27-24(28)32-16-22(29)31-15-17-7-3-2-4-8-17/h2-14H,15-16H2,1H3. The lowest BCUT2D eigenvalue weighted by atomic mass is 10.2. The Morgan fingerprint density at radius 1 is 0.969 bits per heavy atom. The second kappa shape index (κ2) is 10.1. The summed E-state index contributed by atoms with van der Waals surface area (Å²) in [4.78, 5) is 12.3. The van der Waals surface area contributed by atoms with Gasteiger partial charge in [0.05, 0.1) is 18.6 Å². The average molecular weight is 450 g/mol. The van der Waals surface area contributed by atoms with Crippen molar-refractivity contribution in [3.63, 3.8) is 0 Å². The van der Waals surface area contributed by atoms with Crippen LogP contribution in [0.15, 0.2) is 84.0 Å². The Bertz CT molecular complexity index is 1200. The zero-order chi connectivity index (χ0) is 22.3. The van der Waals surface area contributed by atoms with Gasteiger partial charge in [0.25, 0.3) is 0 Å². The van der Waals surface area contributed by atoms with Crippen molar-refractivity contribution in [2.45, 2.75) is 11.8 Å². The van der Waals surface area contributed by atoms with Crippen molar-refractivity contribution in [3.8, 4) is 22.8 Å².